The van der Waals surface area contributed by atoms with Gasteiger partial charge in [-0.25, -0.2) is 0 Å². The molecule has 0 fully saturated rings. The van der Waals surface area contributed by atoms with Crippen molar-refractivity contribution >= 4 is 29.0 Å². The number of hydrogen-bond acceptors (Lipinski definition) is 3. The van der Waals surface area contributed by atoms with Crippen LogP contribution in [0.3, 0.4) is 0 Å². The van der Waals surface area contributed by atoms with Gasteiger partial charge in [0, 0.05) is 10.0 Å². The SMILES string of the molecule is CC(C)Oc1cc(C(F)(F)F)ccc1C1=NC(c2ccc(Cl)cc2)C(c2ccc(Cl)cc2)N1. The fourth-order valence-corrected chi connectivity index (χ4v) is 3.98. The third-order valence-electron chi connectivity index (χ3n) is 5.24. The van der Waals surface area contributed by atoms with Crippen LogP contribution in [0.15, 0.2) is 71.7 Å². The Labute approximate surface area is 200 Å². The molecule has 8 heteroatoms. The van der Waals surface area contributed by atoms with Crippen LogP contribution >= 0.6 is 23.2 Å². The molecule has 0 radical (unpaired) electrons. The molecule has 0 amide bonds. The van der Waals surface area contributed by atoms with Crippen molar-refractivity contribution in [3.05, 3.63) is 99.0 Å². The van der Waals surface area contributed by atoms with E-state index in [4.69, 9.17) is 32.9 Å². The lowest BCUT2D eigenvalue weighted by Gasteiger charge is -2.20. The fourth-order valence-electron chi connectivity index (χ4n) is 3.73. The van der Waals surface area contributed by atoms with Gasteiger partial charge < -0.3 is 10.1 Å². The third kappa shape index (κ3) is 5.28. The summed E-state index contributed by atoms with van der Waals surface area (Å²) in [5.41, 5.74) is 1.55. The van der Waals surface area contributed by atoms with Gasteiger partial charge in [0.2, 0.25) is 0 Å². The highest BCUT2D eigenvalue weighted by Gasteiger charge is 2.35. The first kappa shape index (κ1) is 23.5. The van der Waals surface area contributed by atoms with Crippen LogP contribution < -0.4 is 10.1 Å². The molecule has 0 saturated carbocycles. The first-order valence-electron chi connectivity index (χ1n) is 10.4. The topological polar surface area (TPSA) is 33.6 Å². The van der Waals surface area contributed by atoms with Crippen molar-refractivity contribution in [3.8, 4) is 5.75 Å². The van der Waals surface area contributed by atoms with Crippen molar-refractivity contribution in [2.24, 2.45) is 4.99 Å². The summed E-state index contributed by atoms with van der Waals surface area (Å²) in [4.78, 5) is 4.87. The van der Waals surface area contributed by atoms with Crippen LogP contribution in [0, 0.1) is 0 Å². The van der Waals surface area contributed by atoms with E-state index in [0.29, 0.717) is 21.4 Å². The van der Waals surface area contributed by atoms with Gasteiger partial charge in [0.05, 0.1) is 23.3 Å². The van der Waals surface area contributed by atoms with Crippen molar-refractivity contribution in [2.75, 3.05) is 0 Å². The molecule has 172 valence electrons. The van der Waals surface area contributed by atoms with E-state index in [-0.39, 0.29) is 23.9 Å². The van der Waals surface area contributed by atoms with E-state index in [0.717, 1.165) is 23.3 Å². The van der Waals surface area contributed by atoms with Crippen LogP contribution in [-0.2, 0) is 6.18 Å². The predicted octanol–water partition coefficient (Wildman–Crippen LogP) is 7.63. The Hall–Kier alpha value is -2.70. The number of hydrogen-bond donors (Lipinski definition) is 1. The van der Waals surface area contributed by atoms with Crippen molar-refractivity contribution in [3.63, 3.8) is 0 Å². The second-order valence-corrected chi connectivity index (χ2v) is 8.90. The van der Waals surface area contributed by atoms with Crippen LogP contribution in [0.1, 0.15) is 48.2 Å². The average molecular weight is 493 g/mol. The number of aliphatic imine (C=N–C) groups is 1. The third-order valence-corrected chi connectivity index (χ3v) is 5.75. The molecule has 0 spiro atoms. The molecule has 0 aliphatic carbocycles. The Kier molecular flexibility index (Phi) is 6.59. The summed E-state index contributed by atoms with van der Waals surface area (Å²) in [5.74, 6) is 0.581. The van der Waals surface area contributed by atoms with Crippen molar-refractivity contribution in [2.45, 2.75) is 38.2 Å². The molecule has 33 heavy (non-hydrogen) atoms. The zero-order valence-electron chi connectivity index (χ0n) is 17.8. The molecule has 0 saturated heterocycles. The molecule has 1 N–H and O–H groups in total. The average Bonchev–Trinajstić information content (AvgIpc) is 3.19. The Balaban J connectivity index is 1.79. The molecule has 4 rings (SSSR count). The minimum absolute atomic E-state index is 0.123. The van der Waals surface area contributed by atoms with Crippen LogP contribution in [-0.4, -0.2) is 11.9 Å². The molecule has 3 aromatic carbocycles. The quantitative estimate of drug-likeness (QED) is 0.397. The maximum atomic E-state index is 13.3. The maximum Gasteiger partial charge on any atom is 0.416 e. The summed E-state index contributed by atoms with van der Waals surface area (Å²) in [6.07, 6.45) is -4.79. The lowest BCUT2D eigenvalue weighted by molar-refractivity contribution is -0.137. The second kappa shape index (κ2) is 9.27. The van der Waals surface area contributed by atoms with E-state index in [1.54, 1.807) is 38.1 Å². The van der Waals surface area contributed by atoms with E-state index < -0.39 is 11.7 Å². The predicted molar refractivity (Wildman–Crippen MR) is 125 cm³/mol. The lowest BCUT2D eigenvalue weighted by Crippen LogP contribution is -2.26. The summed E-state index contributed by atoms with van der Waals surface area (Å²) in [6.45, 7) is 3.53. The number of ether oxygens (including phenoxy) is 1. The van der Waals surface area contributed by atoms with Gasteiger partial charge in [-0.15, -0.1) is 0 Å². The van der Waals surface area contributed by atoms with Gasteiger partial charge in [0.25, 0.3) is 0 Å². The summed E-state index contributed by atoms with van der Waals surface area (Å²) in [7, 11) is 0. The highest BCUT2D eigenvalue weighted by atomic mass is 35.5. The van der Waals surface area contributed by atoms with Crippen LogP contribution in [0.5, 0.6) is 5.75 Å². The summed E-state index contributed by atoms with van der Waals surface area (Å²) >= 11 is 12.1. The van der Waals surface area contributed by atoms with Gasteiger partial charge in [0.15, 0.2) is 0 Å². The van der Waals surface area contributed by atoms with Gasteiger partial charge >= 0.3 is 6.18 Å². The molecule has 2 atom stereocenters. The molecule has 0 bridgehead atoms. The molecule has 1 heterocycles. The summed E-state index contributed by atoms with van der Waals surface area (Å²) in [6, 6.07) is 17.6. The highest BCUT2D eigenvalue weighted by molar-refractivity contribution is 6.30. The zero-order chi connectivity index (χ0) is 23.8. The van der Waals surface area contributed by atoms with Crippen molar-refractivity contribution in [1.82, 2.24) is 5.32 Å². The largest absolute Gasteiger partial charge is 0.490 e. The number of benzene rings is 3. The second-order valence-electron chi connectivity index (χ2n) is 8.02. The first-order valence-corrected chi connectivity index (χ1v) is 11.1. The molecular formula is C25H21Cl2F3N2O. The monoisotopic (exact) mass is 492 g/mol. The van der Waals surface area contributed by atoms with E-state index in [2.05, 4.69) is 5.32 Å². The number of nitrogens with one attached hydrogen (secondary N) is 1. The van der Waals surface area contributed by atoms with Gasteiger partial charge in [-0.3, -0.25) is 4.99 Å². The number of rotatable bonds is 5. The van der Waals surface area contributed by atoms with E-state index >= 15 is 0 Å². The number of alkyl halides is 3. The van der Waals surface area contributed by atoms with Crippen LogP contribution in [0.2, 0.25) is 10.0 Å². The maximum absolute atomic E-state index is 13.3. The van der Waals surface area contributed by atoms with Gasteiger partial charge in [-0.05, 0) is 67.4 Å². The number of amidine groups is 1. The highest BCUT2D eigenvalue weighted by Crippen LogP contribution is 2.40. The van der Waals surface area contributed by atoms with E-state index in [1.807, 2.05) is 24.3 Å². The standard InChI is InChI=1S/C25H21Cl2F3N2O/c1-14(2)33-21-13-17(25(28,29)30)7-12-20(21)24-31-22(15-3-8-18(26)9-4-15)23(32-24)16-5-10-19(27)11-6-16/h3-14,22-23H,1-2H3,(H,31,32). The summed E-state index contributed by atoms with van der Waals surface area (Å²) < 4.78 is 45.7. The van der Waals surface area contributed by atoms with Crippen LogP contribution in [0.4, 0.5) is 13.2 Å². The molecule has 3 aromatic rings. The Morgan fingerprint density at radius 1 is 0.879 bits per heavy atom. The minimum atomic E-state index is -4.48. The molecule has 3 nitrogen and oxygen atoms in total. The van der Waals surface area contributed by atoms with Gasteiger partial charge in [-0.2, -0.15) is 13.2 Å². The Morgan fingerprint density at radius 3 is 2.00 bits per heavy atom. The van der Waals surface area contributed by atoms with Gasteiger partial charge in [0.1, 0.15) is 17.6 Å². The van der Waals surface area contributed by atoms with E-state index in [9.17, 15) is 13.2 Å². The summed E-state index contributed by atoms with van der Waals surface area (Å²) in [5, 5.41) is 4.60. The number of nitrogens with zero attached hydrogens (tertiary/aromatic N) is 1. The normalized spacial score (nSPS) is 18.2. The minimum Gasteiger partial charge on any atom is -0.490 e. The number of halogens is 5. The molecular weight excluding hydrogens is 472 g/mol. The molecule has 1 aliphatic heterocycles. The first-order chi connectivity index (χ1) is 15.6. The Bertz CT molecular complexity index is 1160. The van der Waals surface area contributed by atoms with E-state index in [1.165, 1.54) is 6.07 Å². The molecule has 0 aromatic heterocycles. The smallest absolute Gasteiger partial charge is 0.416 e. The Morgan fingerprint density at radius 2 is 1.45 bits per heavy atom. The fraction of sp³-hybridized carbons (Fsp3) is 0.240. The van der Waals surface area contributed by atoms with Crippen molar-refractivity contribution in [1.29, 1.82) is 0 Å². The van der Waals surface area contributed by atoms with Gasteiger partial charge in [-0.1, -0.05) is 47.5 Å². The van der Waals surface area contributed by atoms with Crippen molar-refractivity contribution < 1.29 is 17.9 Å². The molecule has 1 aliphatic rings. The lowest BCUT2D eigenvalue weighted by atomic mass is 9.95. The molecule has 2 unspecified atom stereocenters. The van der Waals surface area contributed by atoms with Crippen LogP contribution in [0.25, 0.3) is 0 Å². The zero-order valence-corrected chi connectivity index (χ0v) is 19.3.